The van der Waals surface area contributed by atoms with E-state index < -0.39 is 5.82 Å². The molecule has 148 valence electrons. The van der Waals surface area contributed by atoms with E-state index in [0.29, 0.717) is 11.1 Å². The predicted octanol–water partition coefficient (Wildman–Crippen LogP) is 2.40. The van der Waals surface area contributed by atoms with E-state index >= 15 is 0 Å². The molecule has 1 saturated heterocycles. The minimum atomic E-state index is -0.397. The third-order valence-corrected chi connectivity index (χ3v) is 5.35. The van der Waals surface area contributed by atoms with E-state index in [1.807, 2.05) is 13.0 Å². The molecule has 0 unspecified atom stereocenters. The summed E-state index contributed by atoms with van der Waals surface area (Å²) >= 11 is 1.45. The van der Waals surface area contributed by atoms with Gasteiger partial charge in [-0.05, 0) is 19.1 Å². The first-order chi connectivity index (χ1) is 13.6. The highest BCUT2D eigenvalue weighted by Gasteiger charge is 2.22. The smallest absolute Gasteiger partial charge is 0.205 e. The van der Waals surface area contributed by atoms with Gasteiger partial charge in [-0.25, -0.2) is 14.4 Å². The third-order valence-electron chi connectivity index (χ3n) is 4.54. The lowest BCUT2D eigenvalue weighted by atomic mass is 10.1. The summed E-state index contributed by atoms with van der Waals surface area (Å²) in [6.45, 7) is 8.34. The Morgan fingerprint density at radius 3 is 2.71 bits per heavy atom. The number of hydrogen-bond acceptors (Lipinski definition) is 6. The van der Waals surface area contributed by atoms with Crippen LogP contribution in [0.4, 0.5) is 9.52 Å². The summed E-state index contributed by atoms with van der Waals surface area (Å²) in [5.41, 5.74) is 0.796. The average molecular weight is 402 g/mol. The molecule has 2 heterocycles. The third kappa shape index (κ3) is 4.75. The molecule has 1 aliphatic rings. The minimum absolute atomic E-state index is 0.232. The van der Waals surface area contributed by atoms with E-state index in [-0.39, 0.29) is 6.54 Å². The van der Waals surface area contributed by atoms with Crippen LogP contribution in [0.1, 0.15) is 30.8 Å². The summed E-state index contributed by atoms with van der Waals surface area (Å²) in [5.74, 6) is 1.27. The number of aromatic nitrogens is 2. The Morgan fingerprint density at radius 2 is 2.11 bits per heavy atom. The van der Waals surface area contributed by atoms with Crippen molar-refractivity contribution in [2.24, 2.45) is 4.99 Å². The Balaban J connectivity index is 1.64. The number of hydrogen-bond donors (Lipinski definition) is 1. The summed E-state index contributed by atoms with van der Waals surface area (Å²) in [7, 11) is 0. The van der Waals surface area contributed by atoms with Crippen LogP contribution in [-0.4, -0.2) is 52.9 Å². The Morgan fingerprint density at radius 1 is 1.32 bits per heavy atom. The van der Waals surface area contributed by atoms with Crippen molar-refractivity contribution in [2.45, 2.75) is 26.8 Å². The number of guanidine groups is 1. The second kappa shape index (κ2) is 9.46. The van der Waals surface area contributed by atoms with Gasteiger partial charge in [-0.3, -0.25) is 0 Å². The van der Waals surface area contributed by atoms with Crippen LogP contribution in [-0.2, 0) is 13.0 Å². The number of aryl methyl sites for hydroxylation is 1. The van der Waals surface area contributed by atoms with Crippen molar-refractivity contribution in [1.29, 1.82) is 5.26 Å². The second-order valence-corrected chi connectivity index (χ2v) is 7.14. The molecule has 1 aromatic carbocycles. The maximum atomic E-state index is 14.1. The zero-order valence-corrected chi connectivity index (χ0v) is 17.0. The number of halogens is 1. The molecular weight excluding hydrogens is 377 g/mol. The van der Waals surface area contributed by atoms with Crippen LogP contribution in [0, 0.1) is 17.1 Å². The molecule has 0 bridgehead atoms. The van der Waals surface area contributed by atoms with Crippen LogP contribution in [0.5, 0.6) is 0 Å². The van der Waals surface area contributed by atoms with Gasteiger partial charge in [-0.15, -0.1) is 0 Å². The average Bonchev–Trinajstić information content (AvgIpc) is 3.21. The second-order valence-electron chi connectivity index (χ2n) is 6.41. The van der Waals surface area contributed by atoms with Crippen molar-refractivity contribution >= 4 is 22.6 Å². The van der Waals surface area contributed by atoms with Gasteiger partial charge in [0.05, 0.1) is 18.2 Å². The lowest BCUT2D eigenvalue weighted by Crippen LogP contribution is -2.52. The van der Waals surface area contributed by atoms with Crippen molar-refractivity contribution in [3.63, 3.8) is 0 Å². The molecule has 1 N–H and O–H groups in total. The largest absolute Gasteiger partial charge is 0.357 e. The number of nitrogens with one attached hydrogen (secondary N) is 1. The Labute approximate surface area is 168 Å². The summed E-state index contributed by atoms with van der Waals surface area (Å²) in [6.07, 6.45) is 0.847. The molecular formula is C19H24FN7S. The van der Waals surface area contributed by atoms with Crippen molar-refractivity contribution in [2.75, 3.05) is 37.6 Å². The van der Waals surface area contributed by atoms with Crippen LogP contribution in [0.25, 0.3) is 0 Å². The predicted molar refractivity (Wildman–Crippen MR) is 109 cm³/mol. The van der Waals surface area contributed by atoms with E-state index in [2.05, 4.69) is 36.4 Å². The number of anilines is 1. The van der Waals surface area contributed by atoms with E-state index in [0.717, 1.165) is 56.1 Å². The quantitative estimate of drug-likeness (QED) is 0.612. The van der Waals surface area contributed by atoms with Gasteiger partial charge in [-0.2, -0.15) is 9.64 Å². The number of nitriles is 1. The minimum Gasteiger partial charge on any atom is -0.357 e. The molecule has 28 heavy (non-hydrogen) atoms. The molecule has 2 aromatic rings. The van der Waals surface area contributed by atoms with Crippen LogP contribution < -0.4 is 10.2 Å². The molecule has 0 amide bonds. The van der Waals surface area contributed by atoms with Crippen molar-refractivity contribution in [3.8, 4) is 6.07 Å². The Kier molecular flexibility index (Phi) is 6.76. The standard InChI is InChI=1S/C19H24FN7S/c1-3-17-24-19(28-25-17)27-9-7-26(8-10-27)18(22-4-2)23-13-15-6-5-14(12-21)11-16(15)20/h5-6,11H,3-4,7-10,13H2,1-2H3,(H,22,23). The number of piperazine rings is 1. The topological polar surface area (TPSA) is 80.4 Å². The Bertz CT molecular complexity index is 865. The normalized spacial score (nSPS) is 14.9. The summed E-state index contributed by atoms with van der Waals surface area (Å²) < 4.78 is 18.5. The van der Waals surface area contributed by atoms with E-state index in [9.17, 15) is 4.39 Å². The first-order valence-corrected chi connectivity index (χ1v) is 10.2. The highest BCUT2D eigenvalue weighted by atomic mass is 32.1. The summed E-state index contributed by atoms with van der Waals surface area (Å²) in [4.78, 5) is 13.6. The maximum Gasteiger partial charge on any atom is 0.205 e. The van der Waals surface area contributed by atoms with Crippen molar-refractivity contribution in [1.82, 2.24) is 19.6 Å². The molecule has 0 aliphatic carbocycles. The zero-order valence-electron chi connectivity index (χ0n) is 16.2. The van der Waals surface area contributed by atoms with Crippen LogP contribution >= 0.6 is 11.5 Å². The van der Waals surface area contributed by atoms with E-state index in [1.54, 1.807) is 12.1 Å². The van der Waals surface area contributed by atoms with Crippen LogP contribution in [0.15, 0.2) is 23.2 Å². The van der Waals surface area contributed by atoms with Gasteiger partial charge in [0.2, 0.25) is 5.13 Å². The lowest BCUT2D eigenvalue weighted by molar-refractivity contribution is 0.372. The molecule has 7 nitrogen and oxygen atoms in total. The molecule has 3 rings (SSSR count). The molecule has 0 atom stereocenters. The van der Waals surface area contributed by atoms with E-state index in [1.165, 1.54) is 17.6 Å². The monoisotopic (exact) mass is 401 g/mol. The molecule has 1 fully saturated rings. The number of nitrogens with zero attached hydrogens (tertiary/aromatic N) is 6. The maximum absolute atomic E-state index is 14.1. The highest BCUT2D eigenvalue weighted by Crippen LogP contribution is 2.19. The van der Waals surface area contributed by atoms with Crippen LogP contribution in [0.3, 0.4) is 0 Å². The number of aliphatic imine (C=N–C) groups is 1. The summed E-state index contributed by atoms with van der Waals surface area (Å²) in [5, 5.41) is 13.1. The van der Waals surface area contributed by atoms with Crippen LogP contribution in [0.2, 0.25) is 0 Å². The molecule has 0 saturated carbocycles. The highest BCUT2D eigenvalue weighted by molar-refractivity contribution is 7.09. The fourth-order valence-electron chi connectivity index (χ4n) is 2.96. The van der Waals surface area contributed by atoms with Gasteiger partial charge in [0.15, 0.2) is 5.96 Å². The first kappa shape index (κ1) is 20.0. The molecule has 0 spiro atoms. The zero-order chi connectivity index (χ0) is 19.9. The van der Waals surface area contributed by atoms with Gasteiger partial charge in [-0.1, -0.05) is 13.0 Å². The SMILES string of the molecule is CCNC(=NCc1ccc(C#N)cc1F)N1CCN(c2nc(CC)ns2)CC1. The number of rotatable bonds is 5. The first-order valence-electron chi connectivity index (χ1n) is 9.43. The molecule has 1 aliphatic heterocycles. The number of benzene rings is 1. The fraction of sp³-hybridized carbons (Fsp3) is 0.474. The lowest BCUT2D eigenvalue weighted by Gasteiger charge is -2.36. The van der Waals surface area contributed by atoms with Crippen molar-refractivity contribution in [3.05, 3.63) is 41.0 Å². The summed E-state index contributed by atoms with van der Waals surface area (Å²) in [6, 6.07) is 6.44. The Hall–Kier alpha value is -2.73. The molecule has 1 aromatic heterocycles. The van der Waals surface area contributed by atoms with Gasteiger partial charge in [0, 0.05) is 56.2 Å². The molecule has 0 radical (unpaired) electrons. The van der Waals surface area contributed by atoms with Gasteiger partial charge in [0.1, 0.15) is 11.6 Å². The molecule has 9 heteroatoms. The van der Waals surface area contributed by atoms with Crippen molar-refractivity contribution < 1.29 is 4.39 Å². The van der Waals surface area contributed by atoms with E-state index in [4.69, 9.17) is 5.26 Å². The van der Waals surface area contributed by atoms with Gasteiger partial charge in [0.25, 0.3) is 0 Å². The van der Waals surface area contributed by atoms with Gasteiger partial charge >= 0.3 is 0 Å². The van der Waals surface area contributed by atoms with Gasteiger partial charge < -0.3 is 15.1 Å². The fourth-order valence-corrected chi connectivity index (χ4v) is 3.76.